The van der Waals surface area contributed by atoms with Crippen LogP contribution in [0.1, 0.15) is 39.0 Å². The lowest BCUT2D eigenvalue weighted by atomic mass is 9.84. The molecule has 2 unspecified atom stereocenters. The van der Waals surface area contributed by atoms with Crippen molar-refractivity contribution in [3.63, 3.8) is 0 Å². The lowest BCUT2D eigenvalue weighted by Gasteiger charge is -2.21. The predicted molar refractivity (Wildman–Crippen MR) is 43.3 cm³/mol. The first-order valence-corrected chi connectivity index (χ1v) is 4.41. The zero-order valence-corrected chi connectivity index (χ0v) is 7.05. The van der Waals surface area contributed by atoms with E-state index in [4.69, 9.17) is 5.11 Å². The van der Waals surface area contributed by atoms with E-state index in [1.165, 1.54) is 0 Å². The van der Waals surface area contributed by atoms with Gasteiger partial charge in [-0.15, -0.1) is 0 Å². The minimum atomic E-state index is -0.318. The van der Waals surface area contributed by atoms with E-state index in [1.54, 1.807) is 6.92 Å². The molecule has 0 aromatic heterocycles. The summed E-state index contributed by atoms with van der Waals surface area (Å²) in [6.45, 7) is 1.75. The number of aliphatic hydroxyl groups is 1. The van der Waals surface area contributed by atoms with E-state index < -0.39 is 0 Å². The summed E-state index contributed by atoms with van der Waals surface area (Å²) in [4.78, 5) is 11.2. The van der Waals surface area contributed by atoms with E-state index in [0.29, 0.717) is 12.2 Å². The number of carbonyl (C=O) groups excluding carboxylic acids is 1. The Labute approximate surface area is 67.6 Å². The molecule has 1 N–H and O–H groups in total. The van der Waals surface area contributed by atoms with Crippen molar-refractivity contribution in [1.82, 2.24) is 0 Å². The molecule has 0 aliphatic heterocycles. The van der Waals surface area contributed by atoms with Gasteiger partial charge in [-0.25, -0.2) is 0 Å². The maximum atomic E-state index is 11.2. The first-order chi connectivity index (χ1) is 5.20. The Kier molecular flexibility index (Phi) is 3.06. The molecule has 1 aliphatic rings. The van der Waals surface area contributed by atoms with Crippen molar-refractivity contribution in [2.45, 2.75) is 45.1 Å². The van der Waals surface area contributed by atoms with Crippen LogP contribution < -0.4 is 0 Å². The molecule has 0 spiro atoms. The summed E-state index contributed by atoms with van der Waals surface area (Å²) < 4.78 is 0. The molecule has 1 rings (SSSR count). The third kappa shape index (κ3) is 2.62. The zero-order chi connectivity index (χ0) is 8.27. The molecule has 0 heterocycles. The van der Waals surface area contributed by atoms with Crippen molar-refractivity contribution >= 4 is 5.78 Å². The molecule has 11 heavy (non-hydrogen) atoms. The first-order valence-electron chi connectivity index (χ1n) is 4.41. The number of carbonyl (C=O) groups is 1. The molecule has 0 aromatic rings. The van der Waals surface area contributed by atoms with Gasteiger partial charge in [-0.1, -0.05) is 6.42 Å². The van der Waals surface area contributed by atoms with E-state index in [-0.39, 0.29) is 12.0 Å². The van der Waals surface area contributed by atoms with Crippen molar-refractivity contribution in [3.05, 3.63) is 0 Å². The number of ketones is 1. The molecule has 2 atom stereocenters. The summed E-state index contributed by atoms with van der Waals surface area (Å²) in [7, 11) is 0. The van der Waals surface area contributed by atoms with E-state index in [0.717, 1.165) is 25.7 Å². The monoisotopic (exact) mass is 156 g/mol. The summed E-state index contributed by atoms with van der Waals surface area (Å²) in [5.41, 5.74) is 0. The lowest BCUT2D eigenvalue weighted by molar-refractivity contribution is -0.125. The summed E-state index contributed by atoms with van der Waals surface area (Å²) in [6, 6.07) is 0. The number of hydrogen-bond donors (Lipinski definition) is 1. The largest absolute Gasteiger partial charge is 0.393 e. The molecule has 1 saturated carbocycles. The maximum absolute atomic E-state index is 11.2. The molecule has 2 heteroatoms. The number of aliphatic hydroxyl groups excluding tert-OH is 1. The lowest BCUT2D eigenvalue weighted by Crippen LogP contribution is -2.22. The third-order valence-corrected chi connectivity index (χ3v) is 2.31. The summed E-state index contributed by atoms with van der Waals surface area (Å²) >= 11 is 0. The Morgan fingerprint density at radius 1 is 1.64 bits per heavy atom. The quantitative estimate of drug-likeness (QED) is 0.658. The van der Waals surface area contributed by atoms with Crippen LogP contribution in [0.2, 0.25) is 0 Å². The molecule has 0 radical (unpaired) electrons. The van der Waals surface area contributed by atoms with E-state index in [1.807, 2.05) is 0 Å². The normalized spacial score (nSPS) is 28.5. The van der Waals surface area contributed by atoms with Gasteiger partial charge in [-0.3, -0.25) is 4.79 Å². The molecule has 0 amide bonds. The highest BCUT2D eigenvalue weighted by Gasteiger charge is 2.22. The molecule has 1 aliphatic carbocycles. The second kappa shape index (κ2) is 3.86. The minimum Gasteiger partial charge on any atom is -0.393 e. The Bertz CT molecular complexity index is 140. The first kappa shape index (κ1) is 8.72. The van der Waals surface area contributed by atoms with E-state index in [2.05, 4.69) is 0 Å². The molecular formula is C9H16O2. The molecule has 0 aromatic carbocycles. The van der Waals surface area contributed by atoms with Crippen LogP contribution in [0.15, 0.2) is 0 Å². The molecule has 2 nitrogen and oxygen atoms in total. The van der Waals surface area contributed by atoms with Crippen LogP contribution >= 0.6 is 0 Å². The van der Waals surface area contributed by atoms with Crippen LogP contribution in [-0.4, -0.2) is 17.0 Å². The second-order valence-electron chi connectivity index (χ2n) is 3.49. The average molecular weight is 156 g/mol. The smallest absolute Gasteiger partial charge is 0.136 e. The molecule has 0 saturated heterocycles. The average Bonchev–Trinajstić information content (AvgIpc) is 1.93. The maximum Gasteiger partial charge on any atom is 0.136 e. The van der Waals surface area contributed by atoms with Crippen LogP contribution in [0.25, 0.3) is 0 Å². The second-order valence-corrected chi connectivity index (χ2v) is 3.49. The van der Waals surface area contributed by atoms with E-state index in [9.17, 15) is 4.79 Å². The van der Waals surface area contributed by atoms with Crippen molar-refractivity contribution < 1.29 is 9.90 Å². The molecule has 1 fully saturated rings. The highest BCUT2D eigenvalue weighted by atomic mass is 16.3. The zero-order valence-electron chi connectivity index (χ0n) is 7.05. The minimum absolute atomic E-state index is 0.156. The van der Waals surface area contributed by atoms with Crippen molar-refractivity contribution in [3.8, 4) is 0 Å². The fourth-order valence-corrected chi connectivity index (χ4v) is 1.72. The molecule has 64 valence electrons. The van der Waals surface area contributed by atoms with Gasteiger partial charge in [0.15, 0.2) is 0 Å². The van der Waals surface area contributed by atoms with Crippen LogP contribution in [-0.2, 0) is 4.79 Å². The summed E-state index contributed by atoms with van der Waals surface area (Å²) in [6.07, 6.45) is 4.28. The number of rotatable bonds is 2. The van der Waals surface area contributed by atoms with Crippen LogP contribution in [0, 0.1) is 5.92 Å². The van der Waals surface area contributed by atoms with Crippen molar-refractivity contribution in [2.75, 3.05) is 0 Å². The Morgan fingerprint density at radius 2 is 2.36 bits per heavy atom. The fraction of sp³-hybridized carbons (Fsp3) is 0.889. The standard InChI is InChI=1S/C9H16O2/c1-7(10)6-8-4-2-3-5-9(8)11/h7-8,10H,2-6H2,1H3. The molecule has 0 bridgehead atoms. The van der Waals surface area contributed by atoms with E-state index >= 15 is 0 Å². The SMILES string of the molecule is CC(O)CC1CCCCC1=O. The Balaban J connectivity index is 2.36. The summed E-state index contributed by atoms with van der Waals surface area (Å²) in [5, 5.41) is 9.07. The highest BCUT2D eigenvalue weighted by Crippen LogP contribution is 2.24. The fourth-order valence-electron chi connectivity index (χ4n) is 1.72. The van der Waals surface area contributed by atoms with Crippen LogP contribution in [0.4, 0.5) is 0 Å². The highest BCUT2D eigenvalue weighted by molar-refractivity contribution is 5.81. The molecular weight excluding hydrogens is 140 g/mol. The number of hydrogen-bond acceptors (Lipinski definition) is 2. The van der Waals surface area contributed by atoms with Gasteiger partial charge in [-0.05, 0) is 26.2 Å². The van der Waals surface area contributed by atoms with Gasteiger partial charge in [0.25, 0.3) is 0 Å². The van der Waals surface area contributed by atoms with Gasteiger partial charge < -0.3 is 5.11 Å². The predicted octanol–water partition coefficient (Wildman–Crippen LogP) is 1.52. The number of Topliss-reactive ketones (excluding diaryl/α,β-unsaturated/α-hetero) is 1. The Morgan fingerprint density at radius 3 is 2.91 bits per heavy atom. The van der Waals surface area contributed by atoms with Gasteiger partial charge >= 0.3 is 0 Å². The summed E-state index contributed by atoms with van der Waals surface area (Å²) in [5.74, 6) is 0.515. The van der Waals surface area contributed by atoms with Gasteiger partial charge in [0.2, 0.25) is 0 Å². The van der Waals surface area contributed by atoms with Crippen LogP contribution in [0.5, 0.6) is 0 Å². The Hall–Kier alpha value is -0.370. The van der Waals surface area contributed by atoms with Gasteiger partial charge in [0.1, 0.15) is 5.78 Å². The van der Waals surface area contributed by atoms with Crippen molar-refractivity contribution in [2.24, 2.45) is 5.92 Å². The van der Waals surface area contributed by atoms with Gasteiger partial charge in [0, 0.05) is 12.3 Å². The third-order valence-electron chi connectivity index (χ3n) is 2.31. The van der Waals surface area contributed by atoms with Crippen molar-refractivity contribution in [1.29, 1.82) is 0 Å². The van der Waals surface area contributed by atoms with Gasteiger partial charge in [0.05, 0.1) is 6.10 Å². The van der Waals surface area contributed by atoms with Gasteiger partial charge in [-0.2, -0.15) is 0 Å². The van der Waals surface area contributed by atoms with Crippen LogP contribution in [0.3, 0.4) is 0 Å². The topological polar surface area (TPSA) is 37.3 Å².